The minimum Gasteiger partial charge on any atom is -0.379 e. The molecule has 3 aromatic rings. The molecule has 0 radical (unpaired) electrons. The van der Waals surface area contributed by atoms with Crippen molar-refractivity contribution in [1.29, 1.82) is 0 Å². The first kappa shape index (κ1) is 20.9. The number of hydrogen-bond donors (Lipinski definition) is 1. The molecule has 1 aliphatic carbocycles. The average Bonchev–Trinajstić information content (AvgIpc) is 3.34. The lowest BCUT2D eigenvalue weighted by molar-refractivity contribution is -0.0000581. The Bertz CT molecular complexity index is 1160. The summed E-state index contributed by atoms with van der Waals surface area (Å²) in [5.41, 5.74) is 2.32. The normalized spacial score (nSPS) is 25.2. The number of ether oxygens (including phenoxy) is 1. The first-order valence-electron chi connectivity index (χ1n) is 10.9. The molecule has 0 bridgehead atoms. The number of methoxy groups -OCH3 is 1. The number of hydrogen-bond acceptors (Lipinski definition) is 3. The highest BCUT2D eigenvalue weighted by atomic mass is 19.2. The molecule has 8 heteroatoms. The van der Waals surface area contributed by atoms with Crippen molar-refractivity contribution >= 4 is 22.8 Å². The van der Waals surface area contributed by atoms with Crippen LogP contribution in [0.15, 0.2) is 42.5 Å². The summed E-state index contributed by atoms with van der Waals surface area (Å²) in [6.45, 7) is 3.27. The molecular formula is C24H26F2N4O2. The van der Waals surface area contributed by atoms with Crippen LogP contribution in [-0.4, -0.2) is 46.8 Å². The molecule has 0 unspecified atom stereocenters. The Labute approximate surface area is 185 Å². The summed E-state index contributed by atoms with van der Waals surface area (Å²) in [5.74, 6) is -0.284. The Kier molecular flexibility index (Phi) is 5.33. The maximum Gasteiger partial charge on any atom is 0.321 e. The van der Waals surface area contributed by atoms with Gasteiger partial charge in [-0.3, -0.25) is 0 Å². The van der Waals surface area contributed by atoms with Gasteiger partial charge in [-0.05, 0) is 55.9 Å². The van der Waals surface area contributed by atoms with Crippen molar-refractivity contribution < 1.29 is 18.3 Å². The van der Waals surface area contributed by atoms with Crippen molar-refractivity contribution in [3.05, 3.63) is 59.9 Å². The molecular weight excluding hydrogens is 414 g/mol. The van der Waals surface area contributed by atoms with E-state index in [1.54, 1.807) is 12.0 Å². The SMILES string of the molecule is CO[C@H]1C[C@@H]2CN(C(=O)Nc3ccc(F)c(F)c3)C[C@@H]2C[C@@H]1n1c(C)nc2ccccc21. The van der Waals surface area contributed by atoms with E-state index in [1.807, 2.05) is 25.1 Å². The minimum atomic E-state index is -0.980. The predicted octanol–water partition coefficient (Wildman–Crippen LogP) is 4.75. The van der Waals surface area contributed by atoms with Crippen molar-refractivity contribution in [1.82, 2.24) is 14.5 Å². The molecule has 1 saturated carbocycles. The lowest BCUT2D eigenvalue weighted by atomic mass is 9.77. The zero-order chi connectivity index (χ0) is 22.4. The molecule has 6 nitrogen and oxygen atoms in total. The van der Waals surface area contributed by atoms with Gasteiger partial charge in [0.1, 0.15) is 5.82 Å². The van der Waals surface area contributed by atoms with Crippen LogP contribution in [0.25, 0.3) is 11.0 Å². The van der Waals surface area contributed by atoms with E-state index >= 15 is 0 Å². The fourth-order valence-electron chi connectivity index (χ4n) is 5.44. The van der Waals surface area contributed by atoms with Gasteiger partial charge in [0.2, 0.25) is 0 Å². The number of benzene rings is 2. The molecule has 32 heavy (non-hydrogen) atoms. The van der Waals surface area contributed by atoms with E-state index < -0.39 is 11.6 Å². The van der Waals surface area contributed by atoms with Gasteiger partial charge in [0, 0.05) is 32.0 Å². The van der Waals surface area contributed by atoms with Crippen LogP contribution in [-0.2, 0) is 4.74 Å². The lowest BCUT2D eigenvalue weighted by Gasteiger charge is -2.38. The number of amides is 2. The molecule has 5 rings (SSSR count). The number of likely N-dealkylation sites (tertiary alicyclic amines) is 1. The van der Waals surface area contributed by atoms with Crippen LogP contribution in [0.1, 0.15) is 24.7 Å². The van der Waals surface area contributed by atoms with E-state index in [1.165, 1.54) is 6.07 Å². The summed E-state index contributed by atoms with van der Waals surface area (Å²) < 4.78 is 34.9. The van der Waals surface area contributed by atoms with Crippen molar-refractivity contribution in [3.63, 3.8) is 0 Å². The number of carbonyl (C=O) groups excluding carboxylic acids is 1. The van der Waals surface area contributed by atoms with Crippen LogP contribution in [0, 0.1) is 30.4 Å². The summed E-state index contributed by atoms with van der Waals surface area (Å²) in [7, 11) is 1.74. The predicted molar refractivity (Wildman–Crippen MR) is 117 cm³/mol. The second-order valence-electron chi connectivity index (χ2n) is 8.81. The van der Waals surface area contributed by atoms with Gasteiger partial charge in [0.25, 0.3) is 0 Å². The highest BCUT2D eigenvalue weighted by Crippen LogP contribution is 2.43. The molecule has 1 aliphatic heterocycles. The number of urea groups is 1. The van der Waals surface area contributed by atoms with Crippen molar-refractivity contribution in [2.24, 2.45) is 11.8 Å². The van der Waals surface area contributed by atoms with Gasteiger partial charge in [-0.15, -0.1) is 0 Å². The minimum absolute atomic E-state index is 0.0294. The van der Waals surface area contributed by atoms with Crippen LogP contribution < -0.4 is 5.32 Å². The quantitative estimate of drug-likeness (QED) is 0.639. The topological polar surface area (TPSA) is 59.4 Å². The number of nitrogens with zero attached hydrogens (tertiary/aromatic N) is 3. The largest absolute Gasteiger partial charge is 0.379 e. The molecule has 2 fully saturated rings. The third-order valence-electron chi connectivity index (χ3n) is 6.95. The van der Waals surface area contributed by atoms with Gasteiger partial charge < -0.3 is 19.5 Å². The maximum atomic E-state index is 13.5. The second-order valence-corrected chi connectivity index (χ2v) is 8.81. The molecule has 0 spiro atoms. The van der Waals surface area contributed by atoms with Gasteiger partial charge in [0.05, 0.1) is 23.2 Å². The monoisotopic (exact) mass is 440 g/mol. The average molecular weight is 440 g/mol. The van der Waals surface area contributed by atoms with Crippen LogP contribution in [0.5, 0.6) is 0 Å². The highest BCUT2D eigenvalue weighted by molar-refractivity contribution is 5.89. The van der Waals surface area contributed by atoms with Gasteiger partial charge >= 0.3 is 6.03 Å². The van der Waals surface area contributed by atoms with Crippen LogP contribution in [0.3, 0.4) is 0 Å². The summed E-state index contributed by atoms with van der Waals surface area (Å²) in [6.07, 6.45) is 1.77. The Morgan fingerprint density at radius 2 is 1.84 bits per heavy atom. The van der Waals surface area contributed by atoms with E-state index in [2.05, 4.69) is 16.0 Å². The molecule has 168 valence electrons. The van der Waals surface area contributed by atoms with E-state index in [0.29, 0.717) is 24.9 Å². The molecule has 2 heterocycles. The standard InChI is InChI=1S/C24H26F2N4O2/c1-14-27-20-5-3-4-6-21(20)30(14)22-9-15-12-29(13-16(15)10-23(22)32-2)24(31)28-17-7-8-18(25)19(26)11-17/h3-8,11,15-16,22-23H,9-10,12-13H2,1-2H3,(H,28,31)/t15-,16+,22-,23-/m0/s1. The number of carbonyl (C=O) groups is 1. The molecule has 2 amide bonds. The number of fused-ring (bicyclic) bond motifs is 2. The number of anilines is 1. The zero-order valence-electron chi connectivity index (χ0n) is 18.1. The number of halogens is 2. The van der Waals surface area contributed by atoms with E-state index in [0.717, 1.165) is 41.8 Å². The molecule has 4 atom stereocenters. The maximum absolute atomic E-state index is 13.5. The Balaban J connectivity index is 1.34. The number of aryl methyl sites for hydroxylation is 1. The molecule has 1 saturated heterocycles. The van der Waals surface area contributed by atoms with E-state index in [9.17, 15) is 13.6 Å². The number of para-hydroxylation sites is 2. The van der Waals surface area contributed by atoms with E-state index in [4.69, 9.17) is 9.72 Å². The van der Waals surface area contributed by atoms with Gasteiger partial charge in [0.15, 0.2) is 11.6 Å². The van der Waals surface area contributed by atoms with Gasteiger partial charge in [-0.25, -0.2) is 18.6 Å². The molecule has 1 N–H and O–H groups in total. The van der Waals surface area contributed by atoms with Crippen LogP contribution in [0.4, 0.5) is 19.3 Å². The van der Waals surface area contributed by atoms with Crippen molar-refractivity contribution in [2.45, 2.75) is 31.9 Å². The number of nitrogens with one attached hydrogen (secondary N) is 1. The number of aromatic nitrogens is 2. The highest BCUT2D eigenvalue weighted by Gasteiger charge is 2.44. The summed E-state index contributed by atoms with van der Waals surface area (Å²) in [6, 6.07) is 11.3. The third-order valence-corrected chi connectivity index (χ3v) is 6.95. The summed E-state index contributed by atoms with van der Waals surface area (Å²) >= 11 is 0. The van der Waals surface area contributed by atoms with Crippen molar-refractivity contribution in [3.8, 4) is 0 Å². The fourth-order valence-corrected chi connectivity index (χ4v) is 5.44. The van der Waals surface area contributed by atoms with E-state index in [-0.39, 0.29) is 23.9 Å². The van der Waals surface area contributed by atoms with Crippen molar-refractivity contribution in [2.75, 3.05) is 25.5 Å². The van der Waals surface area contributed by atoms with Crippen LogP contribution >= 0.6 is 0 Å². The Hall–Kier alpha value is -3.00. The zero-order valence-corrected chi connectivity index (χ0v) is 18.1. The lowest BCUT2D eigenvalue weighted by Crippen LogP contribution is -2.37. The smallest absolute Gasteiger partial charge is 0.321 e. The summed E-state index contributed by atoms with van der Waals surface area (Å²) in [5, 5.41) is 2.69. The summed E-state index contributed by atoms with van der Waals surface area (Å²) in [4.78, 5) is 19.3. The first-order valence-corrected chi connectivity index (χ1v) is 10.9. The van der Waals surface area contributed by atoms with Gasteiger partial charge in [-0.2, -0.15) is 0 Å². The van der Waals surface area contributed by atoms with Crippen LogP contribution in [0.2, 0.25) is 0 Å². The second kappa shape index (κ2) is 8.16. The Morgan fingerprint density at radius 3 is 2.59 bits per heavy atom. The third kappa shape index (κ3) is 3.62. The first-order chi connectivity index (χ1) is 15.4. The molecule has 1 aromatic heterocycles. The molecule has 2 aromatic carbocycles. The Morgan fingerprint density at radius 1 is 1.09 bits per heavy atom. The number of imidazole rings is 1. The van der Waals surface area contributed by atoms with Gasteiger partial charge in [-0.1, -0.05) is 12.1 Å². The fraction of sp³-hybridized carbons (Fsp3) is 0.417. The number of rotatable bonds is 3. The molecule has 2 aliphatic rings.